The summed E-state index contributed by atoms with van der Waals surface area (Å²) in [4.78, 5) is 1.56. The van der Waals surface area contributed by atoms with E-state index in [1.807, 2.05) is 0 Å². The van der Waals surface area contributed by atoms with Gasteiger partial charge in [0, 0.05) is 15.9 Å². The summed E-state index contributed by atoms with van der Waals surface area (Å²) < 4.78 is 0. The fourth-order valence-electron chi connectivity index (χ4n) is 0. The van der Waals surface area contributed by atoms with Gasteiger partial charge in [-0.15, -0.1) is 0 Å². The molecule has 0 unspecified atom stereocenters. The molecule has 0 spiro atoms. The fraction of sp³-hybridized carbons (Fsp3) is 0. The molecule has 0 aliphatic carbocycles. The number of hydrogen-bond acceptors (Lipinski definition) is 2. The van der Waals surface area contributed by atoms with Crippen molar-refractivity contribution in [1.82, 2.24) is 0 Å². The van der Waals surface area contributed by atoms with E-state index in [2.05, 4.69) is 15.9 Å². The monoisotopic (exact) mass is 131 g/mol. The number of nitriles is 1. The summed E-state index contributed by atoms with van der Waals surface area (Å²) in [5.41, 5.74) is 0. The van der Waals surface area contributed by atoms with E-state index in [9.17, 15) is 0 Å². The summed E-state index contributed by atoms with van der Waals surface area (Å²) in [6.07, 6.45) is 0. The lowest BCUT2D eigenvalue weighted by Crippen LogP contribution is -0.920. The van der Waals surface area contributed by atoms with Crippen molar-refractivity contribution in [1.29, 1.82) is 10.5 Å². The van der Waals surface area contributed by atoms with E-state index in [0.717, 1.165) is 0 Å². The summed E-state index contributed by atoms with van der Waals surface area (Å²) in [6, 6.07) is 0. The standard InChI is InChI=1S/CBrN.CN/c2-1-3;1-2/q;-1. The van der Waals surface area contributed by atoms with Crippen molar-refractivity contribution in [2.75, 3.05) is 0 Å². The van der Waals surface area contributed by atoms with Gasteiger partial charge in [-0.05, 0) is 0 Å². The second kappa shape index (κ2) is 99.0. The van der Waals surface area contributed by atoms with Crippen LogP contribution >= 0.6 is 15.9 Å². The molecule has 26 valence electrons. The van der Waals surface area contributed by atoms with Crippen LogP contribution in [0.15, 0.2) is 0 Å². The van der Waals surface area contributed by atoms with Gasteiger partial charge in [0.2, 0.25) is 0 Å². The number of rotatable bonds is 0. The summed E-state index contributed by atoms with van der Waals surface area (Å²) in [5.74, 6) is 0. The van der Waals surface area contributed by atoms with E-state index in [1.54, 1.807) is 4.98 Å². The third-order valence-corrected chi connectivity index (χ3v) is 0. The van der Waals surface area contributed by atoms with E-state index in [-0.39, 0.29) is 0 Å². The Bertz CT molecular complexity index is 50.4. The molecule has 0 aromatic carbocycles. The maximum Gasteiger partial charge on any atom is 0.142 e. The molecule has 0 aromatic heterocycles. The number of hydrogen-bond donors (Lipinski definition) is 0. The Morgan fingerprint density at radius 3 is 1.60 bits per heavy atom. The first kappa shape index (κ1) is 8.82. The Hall–Kier alpha value is -0.540. The molecule has 2 nitrogen and oxygen atoms in total. The predicted molar refractivity (Wildman–Crippen MR) is 19.5 cm³/mol. The second-order valence-electron chi connectivity index (χ2n) is 0.0845. The molecule has 0 aromatic rings. The molecule has 0 atom stereocenters. The molecule has 0 saturated heterocycles. The third kappa shape index (κ3) is 25.3. The lowest BCUT2D eigenvalue weighted by molar-refractivity contribution is 1.53. The minimum atomic E-state index is 1.56. The van der Waals surface area contributed by atoms with Crippen molar-refractivity contribution >= 4 is 15.9 Å². The summed E-state index contributed by atoms with van der Waals surface area (Å²) >= 11 is 2.45. The van der Waals surface area contributed by atoms with Crippen molar-refractivity contribution in [3.63, 3.8) is 0 Å². The fourth-order valence-corrected chi connectivity index (χ4v) is 0. The van der Waals surface area contributed by atoms with Crippen LogP contribution in [0.5, 0.6) is 0 Å². The molecule has 0 aliphatic heterocycles. The van der Waals surface area contributed by atoms with Crippen LogP contribution in [0.25, 0.3) is 0 Å². The first-order chi connectivity index (χ1) is 2.41. The first-order valence-corrected chi connectivity index (χ1v) is 1.43. The van der Waals surface area contributed by atoms with E-state index >= 15 is 0 Å². The lowest BCUT2D eigenvalue weighted by atomic mass is 11.8. The number of halogens is 1. The average Bonchev–Trinajstić information content (AvgIpc) is 1.46. The Morgan fingerprint density at radius 2 is 1.60 bits per heavy atom. The maximum absolute atomic E-state index is 7.24. The van der Waals surface area contributed by atoms with Gasteiger partial charge in [-0.1, -0.05) is 0 Å². The van der Waals surface area contributed by atoms with Gasteiger partial charge in [0.05, 0.1) is 0 Å². The van der Waals surface area contributed by atoms with Crippen LogP contribution in [0.1, 0.15) is 0 Å². The molecule has 0 bridgehead atoms. The Kier molecular flexibility index (Phi) is 175. The van der Waals surface area contributed by atoms with Crippen LogP contribution < -0.4 is 0 Å². The highest BCUT2D eigenvalue weighted by Crippen LogP contribution is 1.58. The van der Waals surface area contributed by atoms with Gasteiger partial charge in [0.1, 0.15) is 4.98 Å². The first-order valence-electron chi connectivity index (χ1n) is 0.636. The van der Waals surface area contributed by atoms with Crippen LogP contribution in [0, 0.1) is 22.1 Å². The zero-order valence-corrected chi connectivity index (χ0v) is 3.86. The van der Waals surface area contributed by atoms with Crippen molar-refractivity contribution in [2.24, 2.45) is 0 Å². The topological polar surface area (TPSA) is 47.6 Å². The molecule has 0 saturated carbocycles. The largest absolute Gasteiger partial charge is 0.512 e. The Labute approximate surface area is 38.8 Å². The highest BCUT2D eigenvalue weighted by Gasteiger charge is 1.22. The smallest absolute Gasteiger partial charge is 0.142 e. The molecular weight excluding hydrogens is 132 g/mol. The van der Waals surface area contributed by atoms with Gasteiger partial charge in [-0.25, -0.2) is 0 Å². The van der Waals surface area contributed by atoms with Crippen molar-refractivity contribution in [2.45, 2.75) is 0 Å². The predicted octanol–water partition coefficient (Wildman–Crippen LogP) is 0.959. The highest BCUT2D eigenvalue weighted by atomic mass is 79.9. The molecule has 0 radical (unpaired) electrons. The van der Waals surface area contributed by atoms with E-state index in [1.165, 1.54) is 0 Å². The van der Waals surface area contributed by atoms with Gasteiger partial charge in [-0.2, -0.15) is 5.26 Å². The van der Waals surface area contributed by atoms with Crippen molar-refractivity contribution in [3.05, 3.63) is 6.57 Å². The normalized spacial score (nSPS) is 2.00. The van der Waals surface area contributed by atoms with Crippen LogP contribution in [-0.4, -0.2) is 0 Å². The Balaban J connectivity index is 0. The molecular formula is C2BrN2-. The van der Waals surface area contributed by atoms with Crippen LogP contribution in [-0.2, 0) is 0 Å². The van der Waals surface area contributed by atoms with Gasteiger partial charge < -0.3 is 11.8 Å². The highest BCUT2D eigenvalue weighted by molar-refractivity contribution is 9.12. The van der Waals surface area contributed by atoms with Gasteiger partial charge in [0.15, 0.2) is 0 Å². The van der Waals surface area contributed by atoms with Gasteiger partial charge >= 0.3 is 0 Å². The number of nitrogens with zero attached hydrogens (tertiary/aromatic N) is 2. The van der Waals surface area contributed by atoms with Crippen molar-refractivity contribution in [3.8, 4) is 4.98 Å². The average molecular weight is 132 g/mol. The maximum atomic E-state index is 7.24. The van der Waals surface area contributed by atoms with Crippen molar-refractivity contribution < 1.29 is 0 Å². The van der Waals surface area contributed by atoms with Crippen LogP contribution in [0.4, 0.5) is 0 Å². The zero-order chi connectivity index (χ0) is 4.71. The van der Waals surface area contributed by atoms with Crippen LogP contribution in [0.3, 0.4) is 0 Å². The molecule has 0 amide bonds. The summed E-state index contributed by atoms with van der Waals surface area (Å²) in [5, 5.41) is 13.5. The van der Waals surface area contributed by atoms with E-state index in [0.29, 0.717) is 0 Å². The van der Waals surface area contributed by atoms with Gasteiger partial charge in [0.25, 0.3) is 0 Å². The summed E-state index contributed by atoms with van der Waals surface area (Å²) in [7, 11) is 0. The quantitative estimate of drug-likeness (QED) is 0.460. The van der Waals surface area contributed by atoms with E-state index < -0.39 is 0 Å². The molecule has 5 heavy (non-hydrogen) atoms. The van der Waals surface area contributed by atoms with Crippen LogP contribution in [0.2, 0.25) is 0 Å². The second-order valence-corrected chi connectivity index (χ2v) is 0.439. The zero-order valence-electron chi connectivity index (χ0n) is 2.27. The molecule has 0 fully saturated rings. The lowest BCUT2D eigenvalue weighted by Gasteiger charge is -1.10. The molecule has 0 rings (SSSR count). The molecule has 0 N–H and O–H groups in total. The molecule has 3 heteroatoms. The minimum Gasteiger partial charge on any atom is -0.512 e. The summed E-state index contributed by atoms with van der Waals surface area (Å²) in [6.45, 7) is 4.75. The molecule has 0 heterocycles. The molecule has 0 aliphatic rings. The van der Waals surface area contributed by atoms with Gasteiger partial charge in [-0.3, -0.25) is 0 Å². The SMILES string of the molecule is N#CBr.[C-]#N. The Morgan fingerprint density at radius 1 is 1.60 bits per heavy atom. The third-order valence-electron chi connectivity index (χ3n) is 0. The van der Waals surface area contributed by atoms with E-state index in [4.69, 9.17) is 17.1 Å². The minimum absolute atomic E-state index is 1.56.